The first kappa shape index (κ1) is 11.1. The van der Waals surface area contributed by atoms with E-state index in [1.165, 1.54) is 0 Å². The molecule has 2 aromatic rings. The number of nitrogens with zero attached hydrogens (tertiary/aromatic N) is 1. The first-order valence-electron chi connectivity index (χ1n) is 6.72. The number of para-hydroxylation sites is 1. The second-order valence-electron chi connectivity index (χ2n) is 5.28. The maximum atomic E-state index is 12.6. The number of carbonyl (C=O) groups is 1. The summed E-state index contributed by atoms with van der Waals surface area (Å²) in [5.41, 5.74) is 0.770. The summed E-state index contributed by atoms with van der Waals surface area (Å²) < 4.78 is 11.2. The van der Waals surface area contributed by atoms with Crippen molar-refractivity contribution in [3.05, 3.63) is 36.1 Å². The van der Waals surface area contributed by atoms with Crippen molar-refractivity contribution in [2.45, 2.75) is 24.9 Å². The van der Waals surface area contributed by atoms with E-state index in [-0.39, 0.29) is 18.0 Å². The minimum atomic E-state index is 0.00648. The monoisotopic (exact) mass is 257 g/mol. The third-order valence-corrected chi connectivity index (χ3v) is 4.11. The third-order valence-electron chi connectivity index (χ3n) is 4.11. The maximum absolute atomic E-state index is 12.6. The number of furan rings is 1. The van der Waals surface area contributed by atoms with Crippen LogP contribution in [0.15, 0.2) is 34.7 Å². The predicted octanol–water partition coefficient (Wildman–Crippen LogP) is 2.44. The van der Waals surface area contributed by atoms with E-state index in [1.54, 1.807) is 0 Å². The molecular formula is C15H15NO3. The quantitative estimate of drug-likeness (QED) is 0.788. The van der Waals surface area contributed by atoms with E-state index in [0.29, 0.717) is 19.0 Å². The summed E-state index contributed by atoms with van der Waals surface area (Å²) in [5, 5.41) is 0.978. The van der Waals surface area contributed by atoms with E-state index in [2.05, 4.69) is 0 Å². The van der Waals surface area contributed by atoms with E-state index in [1.807, 2.05) is 35.2 Å². The van der Waals surface area contributed by atoms with Crippen LogP contribution in [0.3, 0.4) is 0 Å². The highest BCUT2D eigenvalue weighted by atomic mass is 16.5. The van der Waals surface area contributed by atoms with Crippen LogP contribution in [0.2, 0.25) is 0 Å². The van der Waals surface area contributed by atoms with Crippen molar-refractivity contribution in [2.24, 2.45) is 0 Å². The number of amides is 1. The minimum Gasteiger partial charge on any atom is -0.451 e. The minimum absolute atomic E-state index is 0.00648. The summed E-state index contributed by atoms with van der Waals surface area (Å²) in [6.45, 7) is 1.31. The highest BCUT2D eigenvalue weighted by molar-refractivity contribution is 5.96. The number of rotatable bonds is 1. The summed E-state index contributed by atoms with van der Waals surface area (Å²) in [7, 11) is 0. The van der Waals surface area contributed by atoms with Crippen LogP contribution in [0.4, 0.5) is 0 Å². The SMILES string of the molecule is O=C(c1cc2ccccc2o1)N1[C@@H]2CC[C@@H]1COC2. The molecule has 2 atom stereocenters. The molecule has 2 bridgehead atoms. The van der Waals surface area contributed by atoms with Crippen LogP contribution in [-0.2, 0) is 4.74 Å². The topological polar surface area (TPSA) is 42.7 Å². The van der Waals surface area contributed by atoms with Gasteiger partial charge >= 0.3 is 0 Å². The highest BCUT2D eigenvalue weighted by Gasteiger charge is 2.41. The fourth-order valence-electron chi connectivity index (χ4n) is 3.17. The average Bonchev–Trinajstić information content (AvgIpc) is 2.97. The first-order chi connectivity index (χ1) is 9.33. The molecular weight excluding hydrogens is 242 g/mol. The predicted molar refractivity (Wildman–Crippen MR) is 70.0 cm³/mol. The molecule has 2 aliphatic heterocycles. The Morgan fingerprint density at radius 1 is 1.16 bits per heavy atom. The molecule has 1 aromatic carbocycles. The Kier molecular flexibility index (Phi) is 2.38. The maximum Gasteiger partial charge on any atom is 0.290 e. The molecule has 0 saturated carbocycles. The van der Waals surface area contributed by atoms with Crippen LogP contribution in [0, 0.1) is 0 Å². The molecule has 1 amide bonds. The fraction of sp³-hybridized carbons (Fsp3) is 0.400. The van der Waals surface area contributed by atoms with Gasteiger partial charge in [-0.3, -0.25) is 4.79 Å². The average molecular weight is 257 g/mol. The van der Waals surface area contributed by atoms with Crippen LogP contribution in [0.1, 0.15) is 23.4 Å². The zero-order chi connectivity index (χ0) is 12.8. The van der Waals surface area contributed by atoms with Gasteiger partial charge in [0.05, 0.1) is 25.3 Å². The van der Waals surface area contributed by atoms with Crippen molar-refractivity contribution in [3.63, 3.8) is 0 Å². The lowest BCUT2D eigenvalue weighted by Crippen LogP contribution is -2.49. The Hall–Kier alpha value is -1.81. The Morgan fingerprint density at radius 3 is 2.63 bits per heavy atom. The molecule has 0 spiro atoms. The molecule has 4 heteroatoms. The Balaban J connectivity index is 1.70. The lowest BCUT2D eigenvalue weighted by Gasteiger charge is -2.33. The molecule has 2 fully saturated rings. The molecule has 4 nitrogen and oxygen atoms in total. The van der Waals surface area contributed by atoms with Crippen LogP contribution < -0.4 is 0 Å². The van der Waals surface area contributed by atoms with Gasteiger partial charge in [0.25, 0.3) is 5.91 Å². The molecule has 1 aromatic heterocycles. The molecule has 0 unspecified atom stereocenters. The number of hydrogen-bond donors (Lipinski definition) is 0. The highest BCUT2D eigenvalue weighted by Crippen LogP contribution is 2.31. The van der Waals surface area contributed by atoms with Gasteiger partial charge in [-0.05, 0) is 25.0 Å². The van der Waals surface area contributed by atoms with Crippen molar-refractivity contribution in [3.8, 4) is 0 Å². The van der Waals surface area contributed by atoms with Crippen molar-refractivity contribution < 1.29 is 13.9 Å². The molecule has 0 aliphatic carbocycles. The summed E-state index contributed by atoms with van der Waals surface area (Å²) in [6, 6.07) is 10.00. The Labute approximate surface area is 110 Å². The van der Waals surface area contributed by atoms with Crippen molar-refractivity contribution >= 4 is 16.9 Å². The Morgan fingerprint density at radius 2 is 1.89 bits per heavy atom. The number of fused-ring (bicyclic) bond motifs is 3. The summed E-state index contributed by atoms with van der Waals surface area (Å²) in [6.07, 6.45) is 2.08. The molecule has 0 radical (unpaired) electrons. The largest absolute Gasteiger partial charge is 0.451 e. The van der Waals surface area contributed by atoms with Gasteiger partial charge in [-0.2, -0.15) is 0 Å². The number of ether oxygens (including phenoxy) is 1. The standard InChI is InChI=1S/C15H15NO3/c17-15(16-11-5-6-12(16)9-18-8-11)14-7-10-3-1-2-4-13(10)19-14/h1-4,7,11-12H,5-6,8-9H2/t11-,12-/m1/s1. The van der Waals surface area contributed by atoms with Crippen LogP contribution in [0.5, 0.6) is 0 Å². The van der Waals surface area contributed by atoms with Gasteiger partial charge in [-0.15, -0.1) is 0 Å². The lowest BCUT2D eigenvalue weighted by molar-refractivity contribution is -0.00857. The molecule has 98 valence electrons. The fourth-order valence-corrected chi connectivity index (χ4v) is 3.17. The molecule has 3 heterocycles. The van der Waals surface area contributed by atoms with Crippen molar-refractivity contribution in [2.75, 3.05) is 13.2 Å². The zero-order valence-corrected chi connectivity index (χ0v) is 10.5. The van der Waals surface area contributed by atoms with E-state index < -0.39 is 0 Å². The van der Waals surface area contributed by atoms with Crippen LogP contribution >= 0.6 is 0 Å². The molecule has 4 rings (SSSR count). The lowest BCUT2D eigenvalue weighted by atomic mass is 10.2. The van der Waals surface area contributed by atoms with Gasteiger partial charge in [-0.25, -0.2) is 0 Å². The molecule has 2 aliphatic rings. The summed E-state index contributed by atoms with van der Waals surface area (Å²) in [4.78, 5) is 14.6. The third kappa shape index (κ3) is 1.67. The molecule has 0 N–H and O–H groups in total. The van der Waals surface area contributed by atoms with E-state index >= 15 is 0 Å². The van der Waals surface area contributed by atoms with E-state index in [4.69, 9.17) is 9.15 Å². The van der Waals surface area contributed by atoms with Crippen LogP contribution in [-0.4, -0.2) is 36.1 Å². The van der Waals surface area contributed by atoms with Gasteiger partial charge < -0.3 is 14.1 Å². The number of benzene rings is 1. The normalized spacial score (nSPS) is 26.0. The second-order valence-corrected chi connectivity index (χ2v) is 5.28. The van der Waals surface area contributed by atoms with Crippen molar-refractivity contribution in [1.29, 1.82) is 0 Å². The molecule has 19 heavy (non-hydrogen) atoms. The molecule has 2 saturated heterocycles. The van der Waals surface area contributed by atoms with Gasteiger partial charge in [0.15, 0.2) is 5.76 Å². The van der Waals surface area contributed by atoms with E-state index in [0.717, 1.165) is 23.8 Å². The number of morpholine rings is 1. The van der Waals surface area contributed by atoms with E-state index in [9.17, 15) is 4.79 Å². The van der Waals surface area contributed by atoms with Gasteiger partial charge in [0.2, 0.25) is 0 Å². The van der Waals surface area contributed by atoms with Crippen molar-refractivity contribution in [1.82, 2.24) is 4.90 Å². The summed E-state index contributed by atoms with van der Waals surface area (Å²) >= 11 is 0. The number of hydrogen-bond acceptors (Lipinski definition) is 3. The first-order valence-corrected chi connectivity index (χ1v) is 6.72. The Bertz CT molecular complexity index is 584. The van der Waals surface area contributed by atoms with Gasteiger partial charge in [0, 0.05) is 5.39 Å². The van der Waals surface area contributed by atoms with Gasteiger partial charge in [0.1, 0.15) is 5.58 Å². The van der Waals surface area contributed by atoms with Crippen LogP contribution in [0.25, 0.3) is 11.0 Å². The smallest absolute Gasteiger partial charge is 0.290 e. The second kappa shape index (κ2) is 4.10. The number of carbonyl (C=O) groups excluding carboxylic acids is 1. The zero-order valence-electron chi connectivity index (χ0n) is 10.5. The summed E-state index contributed by atoms with van der Waals surface area (Å²) in [5.74, 6) is 0.451. The van der Waals surface area contributed by atoms with Gasteiger partial charge in [-0.1, -0.05) is 18.2 Å².